The van der Waals surface area contributed by atoms with Crippen LogP contribution in [0, 0.1) is 0 Å². The summed E-state index contributed by atoms with van der Waals surface area (Å²) in [6.07, 6.45) is 0.427. The molecule has 2 amide bonds. The van der Waals surface area contributed by atoms with Gasteiger partial charge in [0.2, 0.25) is 11.8 Å². The second kappa shape index (κ2) is 9.19. The molecule has 124 valence electrons. The summed E-state index contributed by atoms with van der Waals surface area (Å²) >= 11 is 0. The van der Waals surface area contributed by atoms with Gasteiger partial charge in [-0.15, -0.1) is 0 Å². The molecule has 0 atom stereocenters. The molecule has 0 aliphatic carbocycles. The Morgan fingerprint density at radius 2 is 1.78 bits per heavy atom. The van der Waals surface area contributed by atoms with Gasteiger partial charge in [-0.25, -0.2) is 0 Å². The summed E-state index contributed by atoms with van der Waals surface area (Å²) in [7, 11) is 0. The highest BCUT2D eigenvalue weighted by Gasteiger charge is 2.07. The average Bonchev–Trinajstić information content (AvgIpc) is 2.50. The normalized spacial score (nSPS) is 10.9. The number of oxime groups is 1. The predicted molar refractivity (Wildman–Crippen MR) is 81.9 cm³/mol. The average molecular weight is 321 g/mol. The number of carboxylic acids is 1. The fourth-order valence-electron chi connectivity index (χ4n) is 1.79. The minimum Gasteiger partial charge on any atom is -0.481 e. The van der Waals surface area contributed by atoms with E-state index in [4.69, 9.17) is 10.3 Å². The van der Waals surface area contributed by atoms with Gasteiger partial charge in [-0.05, 0) is 12.0 Å². The Morgan fingerprint density at radius 3 is 2.30 bits per heavy atom. The first-order valence-corrected chi connectivity index (χ1v) is 7.00. The Morgan fingerprint density at radius 1 is 1.13 bits per heavy atom. The van der Waals surface area contributed by atoms with Crippen LogP contribution in [0.2, 0.25) is 0 Å². The van der Waals surface area contributed by atoms with E-state index in [1.807, 2.05) is 0 Å². The zero-order valence-corrected chi connectivity index (χ0v) is 12.7. The van der Waals surface area contributed by atoms with Crippen LogP contribution in [-0.4, -0.2) is 33.9 Å². The van der Waals surface area contributed by atoms with Gasteiger partial charge in [-0.1, -0.05) is 29.4 Å². The molecule has 8 nitrogen and oxygen atoms in total. The van der Waals surface area contributed by atoms with Gasteiger partial charge in [0.05, 0.1) is 0 Å². The predicted octanol–water partition coefficient (Wildman–Crippen LogP) is 0.830. The SMILES string of the molecule is CC(=O)N/C(=N\O)c1ccc(CNC(=O)CCCC(=O)O)cc1. The summed E-state index contributed by atoms with van der Waals surface area (Å²) in [5.74, 6) is -1.45. The number of carbonyl (C=O) groups is 3. The van der Waals surface area contributed by atoms with Crippen LogP contribution in [0.1, 0.15) is 37.3 Å². The fourth-order valence-corrected chi connectivity index (χ4v) is 1.79. The number of carbonyl (C=O) groups excluding carboxylic acids is 2. The number of amides is 2. The van der Waals surface area contributed by atoms with Crippen molar-refractivity contribution in [3.8, 4) is 0 Å². The van der Waals surface area contributed by atoms with Crippen LogP contribution in [0.4, 0.5) is 0 Å². The van der Waals surface area contributed by atoms with Gasteiger partial charge in [0.1, 0.15) is 0 Å². The number of nitrogens with zero attached hydrogens (tertiary/aromatic N) is 1. The molecular formula is C15H19N3O5. The molecule has 0 aromatic heterocycles. The van der Waals surface area contributed by atoms with Crippen molar-refractivity contribution in [1.29, 1.82) is 0 Å². The zero-order valence-electron chi connectivity index (χ0n) is 12.7. The van der Waals surface area contributed by atoms with Crippen LogP contribution in [0.3, 0.4) is 0 Å². The molecule has 0 aliphatic rings. The van der Waals surface area contributed by atoms with Crippen LogP contribution in [0.25, 0.3) is 0 Å². The van der Waals surface area contributed by atoms with E-state index in [9.17, 15) is 14.4 Å². The third-order valence-corrected chi connectivity index (χ3v) is 2.91. The van der Waals surface area contributed by atoms with Crippen molar-refractivity contribution in [2.45, 2.75) is 32.7 Å². The topological polar surface area (TPSA) is 128 Å². The number of carboxylic acid groups (broad SMARTS) is 1. The van der Waals surface area contributed by atoms with Crippen molar-refractivity contribution < 1.29 is 24.7 Å². The van der Waals surface area contributed by atoms with Gasteiger partial charge >= 0.3 is 5.97 Å². The van der Waals surface area contributed by atoms with Crippen LogP contribution >= 0.6 is 0 Å². The summed E-state index contributed by atoms with van der Waals surface area (Å²) in [6.45, 7) is 1.61. The molecule has 1 aromatic rings. The first-order valence-electron chi connectivity index (χ1n) is 7.00. The molecule has 0 heterocycles. The number of hydrogen-bond acceptors (Lipinski definition) is 5. The Hall–Kier alpha value is -2.90. The summed E-state index contributed by atoms with van der Waals surface area (Å²) in [6, 6.07) is 6.74. The van der Waals surface area contributed by atoms with E-state index in [1.165, 1.54) is 6.92 Å². The summed E-state index contributed by atoms with van der Waals surface area (Å²) in [4.78, 5) is 32.9. The van der Waals surface area contributed by atoms with E-state index in [0.717, 1.165) is 5.56 Å². The smallest absolute Gasteiger partial charge is 0.303 e. The van der Waals surface area contributed by atoms with Gasteiger partial charge in [0, 0.05) is 31.9 Å². The molecule has 0 bridgehead atoms. The lowest BCUT2D eigenvalue weighted by Gasteiger charge is -2.08. The van der Waals surface area contributed by atoms with E-state index in [1.54, 1.807) is 24.3 Å². The summed E-state index contributed by atoms with van der Waals surface area (Å²) in [5, 5.41) is 25.5. The fraction of sp³-hybridized carbons (Fsp3) is 0.333. The standard InChI is InChI=1S/C15H19N3O5/c1-10(19)17-15(18-23)12-7-5-11(6-8-12)9-16-13(20)3-2-4-14(21)22/h5-8,23H,2-4,9H2,1H3,(H,16,20)(H,21,22)(H,17,18,19). The van der Waals surface area contributed by atoms with Crippen molar-refractivity contribution in [3.63, 3.8) is 0 Å². The second-order valence-electron chi connectivity index (χ2n) is 4.85. The molecule has 0 spiro atoms. The monoisotopic (exact) mass is 321 g/mol. The zero-order chi connectivity index (χ0) is 17.2. The van der Waals surface area contributed by atoms with Gasteiger partial charge in [0.25, 0.3) is 0 Å². The van der Waals surface area contributed by atoms with Crippen molar-refractivity contribution in [2.75, 3.05) is 0 Å². The highest BCUT2D eigenvalue weighted by atomic mass is 16.4. The maximum Gasteiger partial charge on any atom is 0.303 e. The van der Waals surface area contributed by atoms with Gasteiger partial charge in [-0.3, -0.25) is 14.4 Å². The number of amidine groups is 1. The van der Waals surface area contributed by atoms with Crippen LogP contribution in [0.15, 0.2) is 29.4 Å². The third-order valence-electron chi connectivity index (χ3n) is 2.91. The van der Waals surface area contributed by atoms with Crippen LogP contribution < -0.4 is 10.6 Å². The first-order chi connectivity index (χ1) is 10.9. The Balaban J connectivity index is 2.49. The van der Waals surface area contributed by atoms with Crippen molar-refractivity contribution in [2.24, 2.45) is 5.16 Å². The number of rotatable bonds is 7. The molecule has 8 heteroatoms. The largest absolute Gasteiger partial charge is 0.481 e. The van der Waals surface area contributed by atoms with Crippen LogP contribution in [-0.2, 0) is 20.9 Å². The lowest BCUT2D eigenvalue weighted by molar-refractivity contribution is -0.137. The van der Waals surface area contributed by atoms with E-state index >= 15 is 0 Å². The van der Waals surface area contributed by atoms with Crippen LogP contribution in [0.5, 0.6) is 0 Å². The molecule has 0 radical (unpaired) electrons. The third kappa shape index (κ3) is 7.07. The quantitative estimate of drug-likeness (QED) is 0.256. The highest BCUT2D eigenvalue weighted by Crippen LogP contribution is 2.05. The Kier molecular flexibility index (Phi) is 7.25. The molecule has 0 saturated heterocycles. The lowest BCUT2D eigenvalue weighted by Crippen LogP contribution is -2.29. The van der Waals surface area contributed by atoms with E-state index in [2.05, 4.69) is 15.8 Å². The van der Waals surface area contributed by atoms with Crippen molar-refractivity contribution in [3.05, 3.63) is 35.4 Å². The van der Waals surface area contributed by atoms with E-state index in [-0.39, 0.29) is 30.5 Å². The minimum atomic E-state index is -0.922. The lowest BCUT2D eigenvalue weighted by atomic mass is 10.1. The number of benzene rings is 1. The maximum absolute atomic E-state index is 11.5. The Labute approximate surface area is 133 Å². The van der Waals surface area contributed by atoms with Crippen molar-refractivity contribution in [1.82, 2.24) is 10.6 Å². The molecule has 0 unspecified atom stereocenters. The Bertz CT molecular complexity index is 596. The van der Waals surface area contributed by atoms with E-state index in [0.29, 0.717) is 18.5 Å². The number of nitrogens with one attached hydrogen (secondary N) is 2. The van der Waals surface area contributed by atoms with Gasteiger partial charge < -0.3 is 20.9 Å². The molecule has 23 heavy (non-hydrogen) atoms. The molecule has 0 saturated carbocycles. The number of aliphatic carboxylic acids is 1. The summed E-state index contributed by atoms with van der Waals surface area (Å²) in [5.41, 5.74) is 1.35. The minimum absolute atomic E-state index is 0.0332. The molecule has 4 N–H and O–H groups in total. The second-order valence-corrected chi connectivity index (χ2v) is 4.85. The molecule has 0 aliphatic heterocycles. The summed E-state index contributed by atoms with van der Waals surface area (Å²) < 4.78 is 0. The molecular weight excluding hydrogens is 302 g/mol. The highest BCUT2D eigenvalue weighted by molar-refractivity contribution is 6.07. The van der Waals surface area contributed by atoms with Gasteiger partial charge in [-0.2, -0.15) is 0 Å². The van der Waals surface area contributed by atoms with Gasteiger partial charge in [0.15, 0.2) is 5.84 Å². The number of hydrogen-bond donors (Lipinski definition) is 4. The molecule has 1 rings (SSSR count). The first kappa shape index (κ1) is 18.1. The molecule has 0 fully saturated rings. The maximum atomic E-state index is 11.5. The molecule has 1 aromatic carbocycles. The van der Waals surface area contributed by atoms with E-state index < -0.39 is 5.97 Å². The van der Waals surface area contributed by atoms with Crippen molar-refractivity contribution >= 4 is 23.6 Å².